The summed E-state index contributed by atoms with van der Waals surface area (Å²) in [4.78, 5) is 4.11. The van der Waals surface area contributed by atoms with Gasteiger partial charge in [-0.1, -0.05) is 26.8 Å². The van der Waals surface area contributed by atoms with Gasteiger partial charge in [-0.2, -0.15) is 0 Å². The molecule has 1 aromatic rings. The molecule has 0 saturated carbocycles. The van der Waals surface area contributed by atoms with Gasteiger partial charge in [-0.3, -0.25) is 4.98 Å². The molecule has 1 N–H and O–H groups in total. The third kappa shape index (κ3) is 4.43. The van der Waals surface area contributed by atoms with Crippen molar-refractivity contribution in [1.82, 2.24) is 10.3 Å². The van der Waals surface area contributed by atoms with Gasteiger partial charge in [-0.25, -0.2) is 0 Å². The average molecular weight is 206 g/mol. The van der Waals surface area contributed by atoms with Crippen LogP contribution in [0, 0.1) is 5.92 Å². The molecular weight excluding hydrogens is 184 g/mol. The Hall–Kier alpha value is -0.890. The lowest BCUT2D eigenvalue weighted by Gasteiger charge is -2.20. The minimum Gasteiger partial charge on any atom is -0.313 e. The van der Waals surface area contributed by atoms with Crippen LogP contribution in [0.5, 0.6) is 0 Å². The van der Waals surface area contributed by atoms with Gasteiger partial charge in [0.2, 0.25) is 0 Å². The molecule has 1 heterocycles. The summed E-state index contributed by atoms with van der Waals surface area (Å²) in [6.45, 7) is 7.82. The van der Waals surface area contributed by atoms with E-state index in [4.69, 9.17) is 0 Å². The largest absolute Gasteiger partial charge is 0.313 e. The van der Waals surface area contributed by atoms with Crippen molar-refractivity contribution >= 4 is 0 Å². The Labute approximate surface area is 93.1 Å². The molecule has 0 saturated heterocycles. The summed E-state index contributed by atoms with van der Waals surface area (Å²) < 4.78 is 0. The molecule has 0 spiro atoms. The van der Waals surface area contributed by atoms with Crippen molar-refractivity contribution in [2.75, 3.05) is 6.54 Å². The van der Waals surface area contributed by atoms with Crippen molar-refractivity contribution in [2.24, 2.45) is 5.92 Å². The highest BCUT2D eigenvalue weighted by molar-refractivity contribution is 5.08. The van der Waals surface area contributed by atoms with E-state index in [1.807, 2.05) is 18.5 Å². The molecule has 0 aliphatic carbocycles. The lowest BCUT2D eigenvalue weighted by Crippen LogP contribution is -2.34. The molecule has 0 bridgehead atoms. The van der Waals surface area contributed by atoms with Crippen LogP contribution in [0.15, 0.2) is 24.5 Å². The van der Waals surface area contributed by atoms with E-state index in [9.17, 15) is 0 Å². The molecule has 84 valence electrons. The molecule has 0 amide bonds. The van der Waals surface area contributed by atoms with Crippen LogP contribution < -0.4 is 5.32 Å². The molecule has 2 heteroatoms. The Kier molecular flexibility index (Phi) is 5.33. The van der Waals surface area contributed by atoms with Gasteiger partial charge in [0, 0.05) is 18.4 Å². The van der Waals surface area contributed by atoms with Crippen molar-refractivity contribution in [3.8, 4) is 0 Å². The summed E-state index contributed by atoms with van der Waals surface area (Å²) in [5.41, 5.74) is 1.31. The van der Waals surface area contributed by atoms with E-state index in [0.29, 0.717) is 12.0 Å². The Morgan fingerprint density at radius 3 is 2.73 bits per heavy atom. The van der Waals surface area contributed by atoms with Gasteiger partial charge < -0.3 is 5.32 Å². The van der Waals surface area contributed by atoms with Gasteiger partial charge in [-0.05, 0) is 36.9 Å². The van der Waals surface area contributed by atoms with Gasteiger partial charge in [0.1, 0.15) is 0 Å². The zero-order valence-corrected chi connectivity index (χ0v) is 10.0. The van der Waals surface area contributed by atoms with Crippen LogP contribution in [0.2, 0.25) is 0 Å². The van der Waals surface area contributed by atoms with Crippen LogP contribution in [-0.4, -0.2) is 17.6 Å². The monoisotopic (exact) mass is 206 g/mol. The third-order valence-electron chi connectivity index (χ3n) is 2.79. The highest BCUT2D eigenvalue weighted by Crippen LogP contribution is 2.05. The van der Waals surface area contributed by atoms with Gasteiger partial charge >= 0.3 is 0 Å². The van der Waals surface area contributed by atoms with Crippen LogP contribution in [0.3, 0.4) is 0 Å². The van der Waals surface area contributed by atoms with Crippen molar-refractivity contribution in [2.45, 2.75) is 39.7 Å². The van der Waals surface area contributed by atoms with E-state index >= 15 is 0 Å². The molecule has 1 unspecified atom stereocenters. The van der Waals surface area contributed by atoms with E-state index in [0.717, 1.165) is 13.0 Å². The molecular formula is C13H22N2. The molecule has 0 aliphatic rings. The predicted molar refractivity (Wildman–Crippen MR) is 64.9 cm³/mol. The minimum atomic E-state index is 0.640. The summed E-state index contributed by atoms with van der Waals surface area (Å²) in [7, 11) is 0. The first-order valence-electron chi connectivity index (χ1n) is 5.86. The van der Waals surface area contributed by atoms with Gasteiger partial charge in [0.05, 0.1) is 0 Å². The fourth-order valence-corrected chi connectivity index (χ4v) is 1.80. The van der Waals surface area contributed by atoms with E-state index in [2.05, 4.69) is 37.1 Å². The van der Waals surface area contributed by atoms with Crippen molar-refractivity contribution < 1.29 is 0 Å². The highest BCUT2D eigenvalue weighted by atomic mass is 14.9. The first kappa shape index (κ1) is 12.2. The summed E-state index contributed by atoms with van der Waals surface area (Å²) in [5, 5.41) is 3.59. The second kappa shape index (κ2) is 6.57. The number of hydrogen-bond donors (Lipinski definition) is 1. The van der Waals surface area contributed by atoms with Crippen LogP contribution in [0.25, 0.3) is 0 Å². The summed E-state index contributed by atoms with van der Waals surface area (Å²) in [6, 6.07) is 4.77. The van der Waals surface area contributed by atoms with Crippen LogP contribution in [0.1, 0.15) is 32.8 Å². The maximum Gasteiger partial charge on any atom is 0.0300 e. The Morgan fingerprint density at radius 1 is 1.40 bits per heavy atom. The summed E-state index contributed by atoms with van der Waals surface area (Å²) in [6.07, 6.45) is 6.03. The van der Waals surface area contributed by atoms with E-state index in [1.165, 1.54) is 12.0 Å². The van der Waals surface area contributed by atoms with Gasteiger partial charge in [-0.15, -0.1) is 0 Å². The molecule has 1 aromatic heterocycles. The molecule has 0 fully saturated rings. The maximum atomic E-state index is 4.11. The van der Waals surface area contributed by atoms with Crippen molar-refractivity contribution in [3.63, 3.8) is 0 Å². The third-order valence-corrected chi connectivity index (χ3v) is 2.79. The van der Waals surface area contributed by atoms with Crippen molar-refractivity contribution in [3.05, 3.63) is 30.1 Å². The number of nitrogens with one attached hydrogen (secondary N) is 1. The molecule has 0 aliphatic heterocycles. The van der Waals surface area contributed by atoms with E-state index < -0.39 is 0 Å². The molecule has 1 atom stereocenters. The second-order valence-electron chi connectivity index (χ2n) is 4.32. The maximum absolute atomic E-state index is 4.11. The van der Waals surface area contributed by atoms with E-state index in [-0.39, 0.29) is 0 Å². The predicted octanol–water partition coefficient (Wildman–Crippen LogP) is 2.65. The van der Waals surface area contributed by atoms with Gasteiger partial charge in [0.15, 0.2) is 0 Å². The average Bonchev–Trinajstić information content (AvgIpc) is 2.25. The van der Waals surface area contributed by atoms with Crippen LogP contribution in [0.4, 0.5) is 0 Å². The van der Waals surface area contributed by atoms with Crippen LogP contribution in [-0.2, 0) is 6.42 Å². The first-order valence-corrected chi connectivity index (χ1v) is 5.86. The number of hydrogen-bond acceptors (Lipinski definition) is 2. The second-order valence-corrected chi connectivity index (χ2v) is 4.32. The highest BCUT2D eigenvalue weighted by Gasteiger charge is 2.08. The zero-order valence-electron chi connectivity index (χ0n) is 10.0. The lowest BCUT2D eigenvalue weighted by molar-refractivity contribution is 0.391. The fourth-order valence-electron chi connectivity index (χ4n) is 1.80. The summed E-state index contributed by atoms with van der Waals surface area (Å²) >= 11 is 0. The minimum absolute atomic E-state index is 0.640. The molecule has 15 heavy (non-hydrogen) atoms. The normalized spacial score (nSPS) is 13.1. The van der Waals surface area contributed by atoms with Gasteiger partial charge in [0.25, 0.3) is 0 Å². The lowest BCUT2D eigenvalue weighted by atomic mass is 10.0. The van der Waals surface area contributed by atoms with Crippen molar-refractivity contribution in [1.29, 1.82) is 0 Å². The molecule has 0 aromatic carbocycles. The number of nitrogens with zero attached hydrogens (tertiary/aromatic N) is 1. The smallest absolute Gasteiger partial charge is 0.0300 e. The quantitative estimate of drug-likeness (QED) is 0.774. The Balaban J connectivity index is 2.27. The van der Waals surface area contributed by atoms with E-state index in [1.54, 1.807) is 0 Å². The number of pyridine rings is 1. The standard InChI is InChI=1S/C13H22N2/c1-4-13(11(2)3)15-9-7-12-6-5-8-14-10-12/h5-6,8,10-11,13,15H,4,7,9H2,1-3H3. The summed E-state index contributed by atoms with van der Waals surface area (Å²) in [5.74, 6) is 0.712. The number of rotatable bonds is 6. The molecule has 2 nitrogen and oxygen atoms in total. The Bertz CT molecular complexity index is 256. The van der Waals surface area contributed by atoms with Crippen LogP contribution >= 0.6 is 0 Å². The first-order chi connectivity index (χ1) is 7.24. The number of aromatic nitrogens is 1. The molecule has 1 rings (SSSR count). The fraction of sp³-hybridized carbons (Fsp3) is 0.615. The SMILES string of the molecule is CCC(NCCc1cccnc1)C(C)C. The zero-order chi connectivity index (χ0) is 11.1. The topological polar surface area (TPSA) is 24.9 Å². The Morgan fingerprint density at radius 2 is 2.20 bits per heavy atom. The molecule has 0 radical (unpaired) electrons.